The standard InChI is InChI=1S/BrH.HI.2K.H2O/h2*1H;;;1H2/q;;2*+1;/p-2. The van der Waals surface area contributed by atoms with E-state index in [-0.39, 0.29) is 149 Å². The quantitative estimate of drug-likeness (QED) is 0.314. The first kappa shape index (κ1) is 34.1. The molecule has 0 unspecified atom stereocenters. The van der Waals surface area contributed by atoms with Crippen LogP contribution in [0.4, 0.5) is 0 Å². The van der Waals surface area contributed by atoms with Gasteiger partial charge in [-0.15, -0.1) is 0 Å². The molecule has 2 N–H and O–H groups in total. The third-order valence-electron chi connectivity index (χ3n) is 0. The molecule has 0 radical (unpaired) electrons. The fraction of sp³-hybridized carbons (Fsp3) is 0. The van der Waals surface area contributed by atoms with Gasteiger partial charge in [0.05, 0.1) is 0 Å². The maximum absolute atomic E-state index is 0. The summed E-state index contributed by atoms with van der Waals surface area (Å²) in [7, 11) is 0. The van der Waals surface area contributed by atoms with Crippen LogP contribution < -0.4 is 144 Å². The van der Waals surface area contributed by atoms with E-state index in [0.29, 0.717) is 0 Å². The van der Waals surface area contributed by atoms with E-state index < -0.39 is 0 Å². The van der Waals surface area contributed by atoms with Crippen LogP contribution in [-0.2, 0) is 0 Å². The first-order chi connectivity index (χ1) is 0. The van der Waals surface area contributed by atoms with E-state index in [4.69, 9.17) is 0 Å². The monoisotopic (exact) mass is 302 g/mol. The summed E-state index contributed by atoms with van der Waals surface area (Å²) in [6.45, 7) is 0. The molecule has 0 atom stereocenters. The Balaban J connectivity index is 0. The molecule has 24 valence electrons. The molecule has 0 rings (SSSR count). The van der Waals surface area contributed by atoms with Crippen LogP contribution in [0.1, 0.15) is 0 Å². The maximum Gasteiger partial charge on any atom is 1.00 e. The van der Waals surface area contributed by atoms with Gasteiger partial charge in [-0.05, 0) is 0 Å². The van der Waals surface area contributed by atoms with Crippen molar-refractivity contribution >= 4 is 0 Å². The van der Waals surface area contributed by atoms with Gasteiger partial charge in [0.25, 0.3) is 0 Å². The molecule has 0 bridgehead atoms. The number of hydrogen-bond donors (Lipinski definition) is 0. The van der Waals surface area contributed by atoms with Gasteiger partial charge < -0.3 is 46.4 Å². The topological polar surface area (TPSA) is 31.5 Å². The average molecular weight is 303 g/mol. The minimum absolute atomic E-state index is 0. The van der Waals surface area contributed by atoms with Crippen LogP contribution in [0.15, 0.2) is 0 Å². The molecule has 1 nitrogen and oxygen atoms in total. The predicted molar refractivity (Wildman–Crippen MR) is 3.61 cm³/mol. The van der Waals surface area contributed by atoms with Gasteiger partial charge in [-0.1, -0.05) is 0 Å². The van der Waals surface area contributed by atoms with Gasteiger partial charge in [-0.25, -0.2) is 0 Å². The van der Waals surface area contributed by atoms with Crippen LogP contribution in [0, 0.1) is 0 Å². The minimum atomic E-state index is 0. The van der Waals surface area contributed by atoms with E-state index in [1.54, 1.807) is 0 Å². The van der Waals surface area contributed by atoms with Crippen molar-refractivity contribution in [2.45, 2.75) is 0 Å². The Labute approximate surface area is 144 Å². The molecule has 0 aromatic heterocycles. The fourth-order valence-corrected chi connectivity index (χ4v) is 0. The van der Waals surface area contributed by atoms with E-state index in [1.165, 1.54) is 0 Å². The zero-order valence-electron chi connectivity index (χ0n) is 3.26. The third kappa shape index (κ3) is 17.8. The molecular formula is H2BrIK2O. The van der Waals surface area contributed by atoms with E-state index >= 15 is 0 Å². The summed E-state index contributed by atoms with van der Waals surface area (Å²) in [5, 5.41) is 0. The van der Waals surface area contributed by atoms with Crippen molar-refractivity contribution in [2.75, 3.05) is 0 Å². The van der Waals surface area contributed by atoms with Crippen molar-refractivity contribution < 1.29 is 149 Å². The molecule has 5 heavy (non-hydrogen) atoms. The fourth-order valence-electron chi connectivity index (χ4n) is 0. The van der Waals surface area contributed by atoms with E-state index in [1.807, 2.05) is 0 Å². The molecule has 0 spiro atoms. The molecule has 0 amide bonds. The van der Waals surface area contributed by atoms with Crippen molar-refractivity contribution in [3.8, 4) is 0 Å². The SMILES string of the molecule is O.[Br-].[I-].[K+].[K+]. The molecule has 0 aromatic rings. The van der Waals surface area contributed by atoms with Gasteiger partial charge in [0.15, 0.2) is 0 Å². The second kappa shape index (κ2) is 23.7. The molecule has 0 heterocycles. The van der Waals surface area contributed by atoms with Crippen molar-refractivity contribution in [1.29, 1.82) is 0 Å². The molecule has 0 aliphatic carbocycles. The molecule has 0 saturated carbocycles. The Morgan fingerprint density at radius 1 is 0.800 bits per heavy atom. The van der Waals surface area contributed by atoms with Gasteiger partial charge in [-0.2, -0.15) is 0 Å². The van der Waals surface area contributed by atoms with Crippen LogP contribution in [0.25, 0.3) is 0 Å². The van der Waals surface area contributed by atoms with Gasteiger partial charge >= 0.3 is 103 Å². The second-order valence-corrected chi connectivity index (χ2v) is 0. The van der Waals surface area contributed by atoms with E-state index in [2.05, 4.69) is 0 Å². The van der Waals surface area contributed by atoms with Crippen LogP contribution in [0.3, 0.4) is 0 Å². The average Bonchev–Trinajstić information content (AvgIpc) is 0. The Hall–Kier alpha value is 4.44. The van der Waals surface area contributed by atoms with Crippen LogP contribution in [0.5, 0.6) is 0 Å². The van der Waals surface area contributed by atoms with Gasteiger partial charge in [-0.3, -0.25) is 0 Å². The summed E-state index contributed by atoms with van der Waals surface area (Å²) in [6, 6.07) is 0. The van der Waals surface area contributed by atoms with Crippen molar-refractivity contribution in [3.63, 3.8) is 0 Å². The van der Waals surface area contributed by atoms with Gasteiger partial charge in [0.1, 0.15) is 0 Å². The molecule has 0 saturated heterocycles. The first-order valence-corrected chi connectivity index (χ1v) is 0. The molecule has 0 fully saturated rings. The maximum atomic E-state index is 0. The van der Waals surface area contributed by atoms with Crippen LogP contribution in [0.2, 0.25) is 0 Å². The Kier molecular flexibility index (Phi) is 162. The Morgan fingerprint density at radius 2 is 0.800 bits per heavy atom. The summed E-state index contributed by atoms with van der Waals surface area (Å²) in [5.74, 6) is 0. The first-order valence-electron chi connectivity index (χ1n) is 0. The molecule has 0 aromatic carbocycles. The Morgan fingerprint density at radius 3 is 0.800 bits per heavy atom. The summed E-state index contributed by atoms with van der Waals surface area (Å²) in [5.41, 5.74) is 0. The minimum Gasteiger partial charge on any atom is -1.00 e. The number of halogens is 2. The van der Waals surface area contributed by atoms with Gasteiger partial charge in [0, 0.05) is 0 Å². The van der Waals surface area contributed by atoms with E-state index in [0.717, 1.165) is 0 Å². The zero-order chi connectivity index (χ0) is 0. The molecule has 0 aliphatic heterocycles. The van der Waals surface area contributed by atoms with Crippen LogP contribution in [-0.4, -0.2) is 5.48 Å². The predicted octanol–water partition coefficient (Wildman–Crippen LogP) is -12.8. The van der Waals surface area contributed by atoms with E-state index in [9.17, 15) is 0 Å². The van der Waals surface area contributed by atoms with Crippen molar-refractivity contribution in [3.05, 3.63) is 0 Å². The largest absolute Gasteiger partial charge is 1.00 e. The number of rotatable bonds is 0. The molecule has 5 heteroatoms. The van der Waals surface area contributed by atoms with Crippen molar-refractivity contribution in [1.82, 2.24) is 0 Å². The summed E-state index contributed by atoms with van der Waals surface area (Å²) in [4.78, 5) is 0. The zero-order valence-corrected chi connectivity index (χ0v) is 13.2. The summed E-state index contributed by atoms with van der Waals surface area (Å²) < 4.78 is 0. The number of hydrogen-bond acceptors (Lipinski definition) is 0. The smallest absolute Gasteiger partial charge is 1.00 e. The molecular weight excluding hydrogens is 301 g/mol. The molecule has 0 aliphatic rings. The second-order valence-electron chi connectivity index (χ2n) is 0. The summed E-state index contributed by atoms with van der Waals surface area (Å²) >= 11 is 0. The normalized spacial score (nSPS) is 0. The van der Waals surface area contributed by atoms with Gasteiger partial charge in [0.2, 0.25) is 0 Å². The Bertz CT molecular complexity index is 9.61. The van der Waals surface area contributed by atoms with Crippen LogP contribution >= 0.6 is 0 Å². The van der Waals surface area contributed by atoms with Crippen molar-refractivity contribution in [2.24, 2.45) is 0 Å². The third-order valence-corrected chi connectivity index (χ3v) is 0. The summed E-state index contributed by atoms with van der Waals surface area (Å²) in [6.07, 6.45) is 0.